The molecule has 1 aliphatic carbocycles. The van der Waals surface area contributed by atoms with Crippen LogP contribution in [0.25, 0.3) is 11.1 Å². The van der Waals surface area contributed by atoms with Crippen LogP contribution in [0.4, 0.5) is 4.39 Å². The summed E-state index contributed by atoms with van der Waals surface area (Å²) in [6.07, 6.45) is 8.42. The predicted octanol–water partition coefficient (Wildman–Crippen LogP) is 6.61. The van der Waals surface area contributed by atoms with Crippen LogP contribution in [-0.2, 0) is 17.8 Å². The second-order valence-corrected chi connectivity index (χ2v) is 12.9. The second-order valence-electron chi connectivity index (χ2n) is 12.9. The first-order valence-corrected chi connectivity index (χ1v) is 15.8. The zero-order valence-corrected chi connectivity index (χ0v) is 25.6. The monoisotopic (exact) mass is 585 g/mol. The number of rotatable bonds is 9. The number of aryl methyl sites for hydroxylation is 1. The van der Waals surface area contributed by atoms with Crippen LogP contribution >= 0.6 is 0 Å². The summed E-state index contributed by atoms with van der Waals surface area (Å²) in [4.78, 5) is 18.4. The van der Waals surface area contributed by atoms with E-state index >= 15 is 4.39 Å². The Bertz CT molecular complexity index is 1480. The molecular weight excluding hydrogens is 543 g/mol. The molecule has 0 spiro atoms. The van der Waals surface area contributed by atoms with Gasteiger partial charge >= 0.3 is 0 Å². The highest BCUT2D eigenvalue weighted by Gasteiger charge is 2.37. The number of benzene rings is 2. The third-order valence-corrected chi connectivity index (χ3v) is 10.0. The minimum atomic E-state index is -0.998. The molecule has 1 unspecified atom stereocenters. The number of aromatic nitrogens is 1. The van der Waals surface area contributed by atoms with Gasteiger partial charge in [-0.2, -0.15) is 0 Å². The Labute approximate surface area is 254 Å². The summed E-state index contributed by atoms with van der Waals surface area (Å²) < 4.78 is 27.2. The topological polar surface area (TPSA) is 74.7 Å². The number of carboxylic acids is 1. The molecule has 2 fully saturated rings. The van der Waals surface area contributed by atoms with Gasteiger partial charge in [0.25, 0.3) is 0 Å². The summed E-state index contributed by atoms with van der Waals surface area (Å²) in [6, 6.07) is 15.1. The Morgan fingerprint density at radius 3 is 2.53 bits per heavy atom. The summed E-state index contributed by atoms with van der Waals surface area (Å²) in [6.45, 7) is 7.04. The third kappa shape index (κ3) is 6.14. The Kier molecular flexibility index (Phi) is 8.45. The summed E-state index contributed by atoms with van der Waals surface area (Å²) in [5.74, 6) is -0.391. The van der Waals surface area contributed by atoms with Crippen LogP contribution in [0, 0.1) is 17.7 Å². The van der Waals surface area contributed by atoms with Crippen molar-refractivity contribution in [2.45, 2.75) is 96.4 Å². The van der Waals surface area contributed by atoms with E-state index in [0.29, 0.717) is 36.0 Å². The van der Waals surface area contributed by atoms with E-state index < -0.39 is 11.9 Å². The van der Waals surface area contributed by atoms with Crippen LogP contribution < -0.4 is 14.6 Å². The smallest absolute Gasteiger partial charge is 0.213 e. The highest BCUT2D eigenvalue weighted by Crippen LogP contribution is 2.48. The first-order valence-electron chi connectivity index (χ1n) is 15.8. The quantitative estimate of drug-likeness (QED) is 0.282. The lowest BCUT2D eigenvalue weighted by atomic mass is 9.82. The first kappa shape index (κ1) is 29.6. The number of carboxylic acid groups (broad SMARTS) is 1. The van der Waals surface area contributed by atoms with Gasteiger partial charge in [0.1, 0.15) is 17.7 Å². The maximum Gasteiger partial charge on any atom is 0.213 e. The molecule has 0 radical (unpaired) electrons. The number of pyridine rings is 1. The van der Waals surface area contributed by atoms with E-state index in [2.05, 4.69) is 54.1 Å². The van der Waals surface area contributed by atoms with Gasteiger partial charge in [0.2, 0.25) is 5.88 Å². The summed E-state index contributed by atoms with van der Waals surface area (Å²) in [5, 5.41) is 11.8. The number of hydrogen-bond donors (Lipinski definition) is 0. The van der Waals surface area contributed by atoms with Crippen molar-refractivity contribution in [1.82, 2.24) is 9.88 Å². The number of hydrogen-bond acceptors (Lipinski definition) is 6. The minimum Gasteiger partial charge on any atom is -0.550 e. The third-order valence-electron chi connectivity index (χ3n) is 10.0. The van der Waals surface area contributed by atoms with Crippen LogP contribution in [0.3, 0.4) is 0 Å². The van der Waals surface area contributed by atoms with E-state index in [1.807, 2.05) is 6.07 Å². The Morgan fingerprint density at radius 2 is 1.84 bits per heavy atom. The lowest BCUT2D eigenvalue weighted by Crippen LogP contribution is -2.43. The maximum atomic E-state index is 15.2. The molecule has 7 heteroatoms. The van der Waals surface area contributed by atoms with Gasteiger partial charge in [-0.05, 0) is 98.1 Å². The van der Waals surface area contributed by atoms with E-state index in [-0.39, 0.29) is 17.8 Å². The van der Waals surface area contributed by atoms with Crippen LogP contribution in [0.1, 0.15) is 93.6 Å². The van der Waals surface area contributed by atoms with Crippen LogP contribution in [-0.4, -0.2) is 35.0 Å². The van der Waals surface area contributed by atoms with Crippen molar-refractivity contribution >= 4 is 5.97 Å². The lowest BCUT2D eigenvalue weighted by Gasteiger charge is -2.39. The average molecular weight is 586 g/mol. The SMILES string of the molecule is COc1cc(-c2ccc(C3CCc4ccc([C@H](C5CC5)[C@H](C)C(=O)[O-])cc4O3)cc2CN2[C@@H](C)CCC[C@@H]2C)c(F)cn1. The standard InChI is InChI=1S/C36H43FN2O4/c1-21-6-5-7-22(2)39(21)20-28-16-26(12-14-29(28)30-18-34(42-4)38-19-31(30)37)32-15-13-24-8-11-27(17-33(24)43-32)35(25-9-10-25)23(3)36(40)41/h8,11-12,14,16-19,21-23,25,32,35H,5-7,9-10,13,15,20H2,1-4H3,(H,40,41)/p-1/t21-,22-,23-,32?,35-/m0/s1. The zero-order chi connectivity index (χ0) is 30.2. The molecule has 3 aliphatic rings. The molecule has 43 heavy (non-hydrogen) atoms. The Morgan fingerprint density at radius 1 is 1.07 bits per heavy atom. The maximum absolute atomic E-state index is 15.2. The number of carbonyl (C=O) groups is 1. The molecule has 3 heterocycles. The summed E-state index contributed by atoms with van der Waals surface area (Å²) in [7, 11) is 1.54. The number of methoxy groups -OCH3 is 1. The fourth-order valence-corrected chi connectivity index (χ4v) is 7.33. The molecule has 228 valence electrons. The van der Waals surface area contributed by atoms with Gasteiger partial charge in [0, 0.05) is 42.1 Å². The van der Waals surface area contributed by atoms with Crippen molar-refractivity contribution in [1.29, 1.82) is 0 Å². The van der Waals surface area contributed by atoms with Crippen LogP contribution in [0.15, 0.2) is 48.7 Å². The number of fused-ring (bicyclic) bond motifs is 1. The number of likely N-dealkylation sites (tertiary alicyclic amines) is 1. The molecule has 5 atom stereocenters. The molecule has 1 saturated carbocycles. The van der Waals surface area contributed by atoms with E-state index in [9.17, 15) is 9.90 Å². The molecule has 0 bridgehead atoms. The summed E-state index contributed by atoms with van der Waals surface area (Å²) >= 11 is 0. The van der Waals surface area contributed by atoms with E-state index in [4.69, 9.17) is 9.47 Å². The Balaban J connectivity index is 1.34. The fourth-order valence-electron chi connectivity index (χ4n) is 7.33. The molecule has 0 amide bonds. The largest absolute Gasteiger partial charge is 0.550 e. The molecule has 6 nitrogen and oxygen atoms in total. The normalized spacial score (nSPS) is 23.6. The van der Waals surface area contributed by atoms with Gasteiger partial charge in [0.05, 0.1) is 13.3 Å². The van der Waals surface area contributed by atoms with Crippen LogP contribution in [0.5, 0.6) is 11.6 Å². The van der Waals surface area contributed by atoms with Gasteiger partial charge < -0.3 is 19.4 Å². The zero-order valence-electron chi connectivity index (χ0n) is 25.6. The number of halogens is 1. The van der Waals surface area contributed by atoms with Crippen molar-refractivity contribution in [2.75, 3.05) is 7.11 Å². The highest BCUT2D eigenvalue weighted by atomic mass is 19.1. The summed E-state index contributed by atoms with van der Waals surface area (Å²) in [5.41, 5.74) is 5.62. The molecule has 3 aromatic rings. The molecule has 0 N–H and O–H groups in total. The number of aliphatic carboxylic acids is 1. The van der Waals surface area contributed by atoms with Crippen molar-refractivity contribution in [3.8, 4) is 22.8 Å². The highest BCUT2D eigenvalue weighted by molar-refractivity contribution is 5.70. The number of nitrogens with zero attached hydrogens (tertiary/aromatic N) is 2. The van der Waals surface area contributed by atoms with Crippen molar-refractivity contribution in [3.63, 3.8) is 0 Å². The first-order chi connectivity index (χ1) is 20.7. The van der Waals surface area contributed by atoms with Gasteiger partial charge in [-0.15, -0.1) is 0 Å². The molecule has 2 aliphatic heterocycles. The van der Waals surface area contributed by atoms with Crippen molar-refractivity contribution in [2.24, 2.45) is 11.8 Å². The molecule has 2 aromatic carbocycles. The average Bonchev–Trinajstić information content (AvgIpc) is 3.84. The van der Waals surface area contributed by atoms with Gasteiger partial charge in [0.15, 0.2) is 0 Å². The lowest BCUT2D eigenvalue weighted by molar-refractivity contribution is -0.311. The molecule has 1 saturated heterocycles. The predicted molar refractivity (Wildman–Crippen MR) is 162 cm³/mol. The number of piperidine rings is 1. The van der Waals surface area contributed by atoms with Crippen molar-refractivity contribution < 1.29 is 23.8 Å². The Hall–Kier alpha value is -3.45. The molecule has 1 aromatic heterocycles. The van der Waals surface area contributed by atoms with Gasteiger partial charge in [-0.3, -0.25) is 4.90 Å². The molecule has 6 rings (SSSR count). The van der Waals surface area contributed by atoms with Crippen LogP contribution in [0.2, 0.25) is 0 Å². The van der Waals surface area contributed by atoms with E-state index in [1.54, 1.807) is 20.1 Å². The number of carbonyl (C=O) groups excluding carboxylic acids is 1. The van der Waals surface area contributed by atoms with E-state index in [0.717, 1.165) is 72.1 Å². The van der Waals surface area contributed by atoms with Gasteiger partial charge in [-0.1, -0.05) is 43.7 Å². The number of ether oxygens (including phenoxy) is 2. The van der Waals surface area contributed by atoms with E-state index in [1.165, 1.54) is 12.6 Å². The molecular formula is C36H42FN2O4-. The second kappa shape index (κ2) is 12.3. The van der Waals surface area contributed by atoms with Crippen molar-refractivity contribution in [3.05, 3.63) is 76.7 Å². The van der Waals surface area contributed by atoms with Gasteiger partial charge in [-0.25, -0.2) is 9.37 Å². The minimum absolute atomic E-state index is 0.0639. The fraction of sp³-hybridized carbons (Fsp3) is 0.500.